The summed E-state index contributed by atoms with van der Waals surface area (Å²) < 4.78 is 12.0. The minimum absolute atomic E-state index is 0.484. The van der Waals surface area contributed by atoms with E-state index in [0.717, 1.165) is 53.4 Å². The molecule has 0 spiro atoms. The molecule has 0 radical (unpaired) electrons. The number of carbonyl (C=O) groups is 4. The first-order valence-corrected chi connectivity index (χ1v) is 16.0. The Balaban J connectivity index is 0.000000432. The van der Waals surface area contributed by atoms with Gasteiger partial charge in [-0.2, -0.15) is 0 Å². The van der Waals surface area contributed by atoms with E-state index in [0.29, 0.717) is 36.8 Å². The average molecular weight is 682 g/mol. The quantitative estimate of drug-likeness (QED) is 0.163. The normalized spacial score (nSPS) is 13.7. The number of carboxylic acid groups (broad SMARTS) is 4. The van der Waals surface area contributed by atoms with Crippen molar-refractivity contribution in [2.75, 3.05) is 33.8 Å². The summed E-state index contributed by atoms with van der Waals surface area (Å²) in [6.45, 7) is 9.25. The number of carboxylic acids is 4. The molecule has 13 heteroatoms. The van der Waals surface area contributed by atoms with Gasteiger partial charge in [0.2, 0.25) is 0 Å². The van der Waals surface area contributed by atoms with E-state index in [4.69, 9.17) is 29.7 Å². The summed E-state index contributed by atoms with van der Waals surface area (Å²) >= 11 is 0. The van der Waals surface area contributed by atoms with Gasteiger partial charge >= 0.3 is 23.9 Å². The highest BCUT2D eigenvalue weighted by Crippen LogP contribution is 2.33. The van der Waals surface area contributed by atoms with E-state index >= 15 is 0 Å². The van der Waals surface area contributed by atoms with Crippen molar-refractivity contribution in [3.8, 4) is 5.75 Å². The number of ether oxygens (including phenoxy) is 1. The summed E-state index contributed by atoms with van der Waals surface area (Å²) in [7, 11) is 4.15. The summed E-state index contributed by atoms with van der Waals surface area (Å²) in [5, 5.41) is 36.9. The number of benzene rings is 2. The minimum Gasteiger partial charge on any atom is -0.493 e. The van der Waals surface area contributed by atoms with Gasteiger partial charge in [0.05, 0.1) is 17.9 Å². The molecule has 4 N–H and O–H groups in total. The number of piperidine rings is 1. The van der Waals surface area contributed by atoms with Gasteiger partial charge in [-0.1, -0.05) is 49.3 Å². The van der Waals surface area contributed by atoms with Crippen molar-refractivity contribution in [3.63, 3.8) is 0 Å². The Morgan fingerprint density at radius 2 is 1.45 bits per heavy atom. The first-order chi connectivity index (χ1) is 23.2. The number of aromatic nitrogens is 1. The second-order valence-corrected chi connectivity index (χ2v) is 12.3. The molecule has 266 valence electrons. The minimum atomic E-state index is -1.26. The number of rotatable bonds is 14. The second-order valence-electron chi connectivity index (χ2n) is 12.3. The molecule has 0 aliphatic carbocycles. The van der Waals surface area contributed by atoms with E-state index in [2.05, 4.69) is 85.4 Å². The molecule has 0 saturated carbocycles. The molecule has 1 aliphatic rings. The van der Waals surface area contributed by atoms with Crippen LogP contribution in [0.25, 0.3) is 11.0 Å². The van der Waals surface area contributed by atoms with Crippen molar-refractivity contribution in [1.82, 2.24) is 15.0 Å². The standard InChI is InChI=1S/C28H39N3O2.2C4H4O4/c1-21(2)20-32-27-13-11-24-26(29-33-28(24)25(27)19-30(3)4)12-10-22-14-16-31(17-15-22)18-23-8-6-5-7-9-23;2*5-3(6)1-2-4(7)8/h5-9,11,13,21-22H,10,12,14-20H2,1-4H3;2*1-2H,(H,5,6)(H,7,8)/b;2*2-1+. The maximum Gasteiger partial charge on any atom is 0.328 e. The predicted octanol–water partition coefficient (Wildman–Crippen LogP) is 5.19. The van der Waals surface area contributed by atoms with Crippen molar-refractivity contribution in [2.45, 2.75) is 52.6 Å². The zero-order valence-electron chi connectivity index (χ0n) is 28.4. The summed E-state index contributed by atoms with van der Waals surface area (Å²) in [6.07, 6.45) is 6.91. The lowest BCUT2D eigenvalue weighted by atomic mass is 9.91. The number of hydrogen-bond acceptors (Lipinski definition) is 9. The molecule has 1 aromatic heterocycles. The molecule has 0 unspecified atom stereocenters. The van der Waals surface area contributed by atoms with Gasteiger partial charge in [-0.05, 0) is 82.4 Å². The van der Waals surface area contributed by atoms with Crippen LogP contribution in [0.3, 0.4) is 0 Å². The summed E-state index contributed by atoms with van der Waals surface area (Å²) in [4.78, 5) is 43.0. The number of aliphatic carboxylic acids is 4. The van der Waals surface area contributed by atoms with E-state index in [9.17, 15) is 19.2 Å². The molecule has 0 atom stereocenters. The highest BCUT2D eigenvalue weighted by Gasteiger charge is 2.22. The Morgan fingerprint density at radius 1 is 0.898 bits per heavy atom. The molecular formula is C36H47N3O10. The van der Waals surface area contributed by atoms with Crippen LogP contribution in [0.4, 0.5) is 0 Å². The van der Waals surface area contributed by atoms with Crippen LogP contribution in [0, 0.1) is 11.8 Å². The van der Waals surface area contributed by atoms with E-state index in [1.54, 1.807) is 0 Å². The Labute approximate surface area is 286 Å². The lowest BCUT2D eigenvalue weighted by Gasteiger charge is -2.32. The first-order valence-electron chi connectivity index (χ1n) is 16.0. The van der Waals surface area contributed by atoms with Crippen LogP contribution in [-0.4, -0.2) is 93.1 Å². The van der Waals surface area contributed by atoms with Crippen molar-refractivity contribution < 1.29 is 48.9 Å². The van der Waals surface area contributed by atoms with Gasteiger partial charge in [0.15, 0.2) is 5.58 Å². The average Bonchev–Trinajstić information content (AvgIpc) is 3.46. The number of hydrogen-bond donors (Lipinski definition) is 4. The summed E-state index contributed by atoms with van der Waals surface area (Å²) in [6, 6.07) is 15.1. The van der Waals surface area contributed by atoms with Crippen LogP contribution in [0.2, 0.25) is 0 Å². The van der Waals surface area contributed by atoms with E-state index in [1.165, 1.54) is 37.9 Å². The molecule has 2 aromatic carbocycles. The first kappa shape index (κ1) is 40.2. The van der Waals surface area contributed by atoms with Crippen molar-refractivity contribution in [2.24, 2.45) is 11.8 Å². The summed E-state index contributed by atoms with van der Waals surface area (Å²) in [5.74, 6) is -2.87. The number of likely N-dealkylation sites (tertiary alicyclic amines) is 1. The molecule has 0 amide bonds. The van der Waals surface area contributed by atoms with Crippen molar-refractivity contribution >= 4 is 34.8 Å². The van der Waals surface area contributed by atoms with Crippen LogP contribution in [0.15, 0.2) is 71.3 Å². The predicted molar refractivity (Wildman–Crippen MR) is 183 cm³/mol. The zero-order valence-corrected chi connectivity index (χ0v) is 28.4. The third-order valence-electron chi connectivity index (χ3n) is 7.30. The van der Waals surface area contributed by atoms with Gasteiger partial charge in [0.1, 0.15) is 5.75 Å². The van der Waals surface area contributed by atoms with Crippen LogP contribution in [-0.2, 0) is 38.7 Å². The molecule has 3 aromatic rings. The van der Waals surface area contributed by atoms with Crippen LogP contribution >= 0.6 is 0 Å². The zero-order chi connectivity index (χ0) is 36.3. The molecule has 1 aliphatic heterocycles. The Bertz CT molecular complexity index is 1490. The van der Waals surface area contributed by atoms with Gasteiger partial charge in [0.25, 0.3) is 0 Å². The molecule has 1 fully saturated rings. The highest BCUT2D eigenvalue weighted by molar-refractivity contribution is 5.90. The van der Waals surface area contributed by atoms with Crippen LogP contribution in [0.5, 0.6) is 5.75 Å². The second kappa shape index (κ2) is 21.1. The van der Waals surface area contributed by atoms with Gasteiger partial charge in [-0.3, -0.25) is 4.90 Å². The third kappa shape index (κ3) is 16.1. The summed E-state index contributed by atoms with van der Waals surface area (Å²) in [5.41, 5.74) is 4.49. The van der Waals surface area contributed by atoms with E-state index in [1.807, 2.05) is 0 Å². The van der Waals surface area contributed by atoms with E-state index in [-0.39, 0.29) is 0 Å². The molecule has 1 saturated heterocycles. The smallest absolute Gasteiger partial charge is 0.328 e. The molecule has 13 nitrogen and oxygen atoms in total. The fourth-order valence-electron chi connectivity index (χ4n) is 5.03. The molecule has 2 heterocycles. The SMILES string of the molecule is CC(C)COc1ccc2c(CCC3CCN(Cc4ccccc4)CC3)noc2c1CN(C)C.O=C(O)/C=C/C(=O)O.O=C(O)/C=C/C(=O)O. The Morgan fingerprint density at radius 3 is 1.94 bits per heavy atom. The molecular weight excluding hydrogens is 634 g/mol. The van der Waals surface area contributed by atoms with Crippen LogP contribution < -0.4 is 4.74 Å². The third-order valence-corrected chi connectivity index (χ3v) is 7.30. The fourth-order valence-corrected chi connectivity index (χ4v) is 5.03. The lowest BCUT2D eigenvalue weighted by molar-refractivity contribution is -0.134. The maximum atomic E-state index is 9.55. The highest BCUT2D eigenvalue weighted by atomic mass is 16.5. The van der Waals surface area contributed by atoms with Crippen molar-refractivity contribution in [3.05, 3.63) is 83.6 Å². The maximum absolute atomic E-state index is 9.55. The largest absolute Gasteiger partial charge is 0.493 e. The van der Waals surface area contributed by atoms with Gasteiger partial charge in [-0.15, -0.1) is 0 Å². The van der Waals surface area contributed by atoms with Gasteiger partial charge in [0, 0.05) is 42.8 Å². The Kier molecular flexibility index (Phi) is 17.3. The number of fused-ring (bicyclic) bond motifs is 1. The molecule has 49 heavy (non-hydrogen) atoms. The number of nitrogens with zero attached hydrogens (tertiary/aromatic N) is 3. The van der Waals surface area contributed by atoms with Crippen LogP contribution in [0.1, 0.15) is 49.9 Å². The van der Waals surface area contributed by atoms with Gasteiger partial charge in [-0.25, -0.2) is 19.2 Å². The Hall–Kier alpha value is -5.01. The van der Waals surface area contributed by atoms with Crippen molar-refractivity contribution in [1.29, 1.82) is 0 Å². The van der Waals surface area contributed by atoms with Gasteiger partial charge < -0.3 is 34.6 Å². The molecule has 4 rings (SSSR count). The lowest BCUT2D eigenvalue weighted by Crippen LogP contribution is -2.33. The van der Waals surface area contributed by atoms with E-state index < -0.39 is 23.9 Å². The number of aryl methyl sites for hydroxylation is 1. The fraction of sp³-hybridized carbons (Fsp3) is 0.417. The topological polar surface area (TPSA) is 191 Å². The molecule has 0 bridgehead atoms. The monoisotopic (exact) mass is 681 g/mol.